The zero-order valence-corrected chi connectivity index (χ0v) is 12.4. The summed E-state index contributed by atoms with van der Waals surface area (Å²) >= 11 is 0. The number of aryl methyl sites for hydroxylation is 2. The molecule has 1 amide bonds. The zero-order chi connectivity index (χ0) is 14.7. The lowest BCUT2D eigenvalue weighted by molar-refractivity contribution is -0.120. The Balaban J connectivity index is 1.50. The summed E-state index contributed by atoms with van der Waals surface area (Å²) in [5.74, 6) is 1.78. The molecule has 0 aliphatic carbocycles. The topological polar surface area (TPSA) is 46.9 Å². The highest BCUT2D eigenvalue weighted by molar-refractivity contribution is 5.78. The fourth-order valence-electron chi connectivity index (χ4n) is 2.91. The van der Waals surface area contributed by atoms with E-state index in [-0.39, 0.29) is 5.91 Å². The van der Waals surface area contributed by atoms with Crippen molar-refractivity contribution < 1.29 is 4.79 Å². The predicted molar refractivity (Wildman–Crippen MR) is 81.9 cm³/mol. The number of amides is 1. The van der Waals surface area contributed by atoms with Crippen LogP contribution in [0.2, 0.25) is 0 Å². The standard InChI is InChI=1S/C17H21N3O/c1-13-4-2-3-5-15(13)10-17(21)19-11-14-6-7-16-18-8-9-20(16)12-14/h2-5,8-9,14H,6-7,10-12H2,1H3,(H,19,21)/t14-/m1/s1. The number of carbonyl (C=O) groups is 1. The van der Waals surface area contributed by atoms with Gasteiger partial charge in [0.2, 0.25) is 5.91 Å². The van der Waals surface area contributed by atoms with Gasteiger partial charge in [0.05, 0.1) is 6.42 Å². The number of aromatic nitrogens is 2. The normalized spacial score (nSPS) is 17.3. The first-order chi connectivity index (χ1) is 10.2. The van der Waals surface area contributed by atoms with Crippen molar-refractivity contribution in [2.45, 2.75) is 32.7 Å². The number of carbonyl (C=O) groups excluding carboxylic acids is 1. The van der Waals surface area contributed by atoms with Crippen molar-refractivity contribution in [2.75, 3.05) is 6.54 Å². The number of nitrogens with one attached hydrogen (secondary N) is 1. The maximum atomic E-state index is 12.1. The molecule has 0 bridgehead atoms. The Kier molecular flexibility index (Phi) is 4.04. The van der Waals surface area contributed by atoms with Gasteiger partial charge in [0.15, 0.2) is 0 Å². The van der Waals surface area contributed by atoms with Gasteiger partial charge in [-0.25, -0.2) is 4.98 Å². The van der Waals surface area contributed by atoms with E-state index < -0.39 is 0 Å². The molecule has 2 heterocycles. The summed E-state index contributed by atoms with van der Waals surface area (Å²) < 4.78 is 2.20. The molecule has 1 aliphatic rings. The summed E-state index contributed by atoms with van der Waals surface area (Å²) in [7, 11) is 0. The zero-order valence-electron chi connectivity index (χ0n) is 12.4. The third-order valence-electron chi connectivity index (χ3n) is 4.23. The largest absolute Gasteiger partial charge is 0.355 e. The number of benzene rings is 1. The first kappa shape index (κ1) is 13.9. The van der Waals surface area contributed by atoms with Gasteiger partial charge in [-0.3, -0.25) is 4.79 Å². The first-order valence-corrected chi connectivity index (χ1v) is 7.53. The van der Waals surface area contributed by atoms with Gasteiger partial charge in [0.1, 0.15) is 5.82 Å². The molecule has 2 aromatic rings. The molecule has 21 heavy (non-hydrogen) atoms. The number of hydrogen-bond donors (Lipinski definition) is 1. The maximum absolute atomic E-state index is 12.1. The molecular weight excluding hydrogens is 262 g/mol. The lowest BCUT2D eigenvalue weighted by atomic mass is 9.99. The minimum Gasteiger partial charge on any atom is -0.355 e. The van der Waals surface area contributed by atoms with Crippen molar-refractivity contribution in [3.8, 4) is 0 Å². The maximum Gasteiger partial charge on any atom is 0.224 e. The van der Waals surface area contributed by atoms with Crippen LogP contribution in [0.15, 0.2) is 36.7 Å². The SMILES string of the molecule is Cc1ccccc1CC(=O)NC[C@H]1CCc2nccn2C1. The van der Waals surface area contributed by atoms with Crippen LogP contribution in [-0.4, -0.2) is 22.0 Å². The molecule has 0 unspecified atom stereocenters. The summed E-state index contributed by atoms with van der Waals surface area (Å²) in [5.41, 5.74) is 2.28. The van der Waals surface area contributed by atoms with E-state index in [4.69, 9.17) is 0 Å². The number of rotatable bonds is 4. The Morgan fingerprint density at radius 1 is 1.43 bits per heavy atom. The van der Waals surface area contributed by atoms with Gasteiger partial charge < -0.3 is 9.88 Å². The van der Waals surface area contributed by atoms with Crippen LogP contribution in [-0.2, 0) is 24.2 Å². The molecule has 0 fully saturated rings. The summed E-state index contributed by atoms with van der Waals surface area (Å²) in [4.78, 5) is 16.4. The second-order valence-corrected chi connectivity index (χ2v) is 5.81. The highest BCUT2D eigenvalue weighted by atomic mass is 16.1. The van der Waals surface area contributed by atoms with Crippen LogP contribution in [0.1, 0.15) is 23.4 Å². The molecule has 1 aromatic carbocycles. The van der Waals surface area contributed by atoms with E-state index in [9.17, 15) is 4.79 Å². The average molecular weight is 283 g/mol. The monoisotopic (exact) mass is 283 g/mol. The Hall–Kier alpha value is -2.10. The third kappa shape index (κ3) is 3.32. The van der Waals surface area contributed by atoms with Crippen LogP contribution >= 0.6 is 0 Å². The number of nitrogens with zero attached hydrogens (tertiary/aromatic N) is 2. The molecule has 1 N–H and O–H groups in total. The van der Waals surface area contributed by atoms with Crippen molar-refractivity contribution >= 4 is 5.91 Å². The van der Waals surface area contributed by atoms with Gasteiger partial charge in [0.25, 0.3) is 0 Å². The molecular formula is C17H21N3O. The number of hydrogen-bond acceptors (Lipinski definition) is 2. The second-order valence-electron chi connectivity index (χ2n) is 5.81. The van der Waals surface area contributed by atoms with E-state index in [1.165, 1.54) is 5.56 Å². The van der Waals surface area contributed by atoms with E-state index in [0.29, 0.717) is 12.3 Å². The smallest absolute Gasteiger partial charge is 0.224 e. The third-order valence-corrected chi connectivity index (χ3v) is 4.23. The Bertz CT molecular complexity index is 632. The molecule has 1 atom stereocenters. The summed E-state index contributed by atoms with van der Waals surface area (Å²) in [5, 5.41) is 3.08. The molecule has 0 spiro atoms. The van der Waals surface area contributed by atoms with Gasteiger partial charge in [0, 0.05) is 31.9 Å². The highest BCUT2D eigenvalue weighted by Crippen LogP contribution is 2.18. The Morgan fingerprint density at radius 2 is 2.29 bits per heavy atom. The van der Waals surface area contributed by atoms with E-state index >= 15 is 0 Å². The highest BCUT2D eigenvalue weighted by Gasteiger charge is 2.19. The quantitative estimate of drug-likeness (QED) is 0.934. The minimum atomic E-state index is 0.112. The van der Waals surface area contributed by atoms with Crippen LogP contribution in [0.3, 0.4) is 0 Å². The molecule has 110 valence electrons. The number of imidazole rings is 1. The van der Waals surface area contributed by atoms with Crippen molar-refractivity contribution in [3.63, 3.8) is 0 Å². The van der Waals surface area contributed by atoms with Crippen LogP contribution in [0.5, 0.6) is 0 Å². The molecule has 0 saturated heterocycles. The van der Waals surface area contributed by atoms with E-state index in [0.717, 1.165) is 37.3 Å². The Morgan fingerprint density at radius 3 is 3.14 bits per heavy atom. The van der Waals surface area contributed by atoms with Crippen LogP contribution in [0.4, 0.5) is 0 Å². The molecule has 1 aromatic heterocycles. The van der Waals surface area contributed by atoms with E-state index in [1.54, 1.807) is 0 Å². The Labute approximate surface area is 125 Å². The molecule has 3 rings (SSSR count). The van der Waals surface area contributed by atoms with Crippen molar-refractivity contribution in [3.05, 3.63) is 53.6 Å². The van der Waals surface area contributed by atoms with Gasteiger partial charge in [-0.15, -0.1) is 0 Å². The summed E-state index contributed by atoms with van der Waals surface area (Å²) in [6.07, 6.45) is 6.45. The van der Waals surface area contributed by atoms with E-state index in [2.05, 4.69) is 14.9 Å². The van der Waals surface area contributed by atoms with Crippen molar-refractivity contribution in [2.24, 2.45) is 5.92 Å². The summed E-state index contributed by atoms with van der Waals surface area (Å²) in [6.45, 7) is 3.76. The first-order valence-electron chi connectivity index (χ1n) is 7.53. The molecule has 4 heteroatoms. The number of fused-ring (bicyclic) bond motifs is 1. The fraction of sp³-hybridized carbons (Fsp3) is 0.412. The van der Waals surface area contributed by atoms with Crippen LogP contribution in [0.25, 0.3) is 0 Å². The van der Waals surface area contributed by atoms with E-state index in [1.807, 2.05) is 43.6 Å². The second kappa shape index (κ2) is 6.12. The van der Waals surface area contributed by atoms with Crippen LogP contribution in [0, 0.1) is 12.8 Å². The van der Waals surface area contributed by atoms with Gasteiger partial charge in [-0.1, -0.05) is 24.3 Å². The molecule has 0 saturated carbocycles. The predicted octanol–water partition coefficient (Wildman–Crippen LogP) is 2.11. The lowest BCUT2D eigenvalue weighted by Crippen LogP contribution is -2.34. The van der Waals surface area contributed by atoms with Crippen molar-refractivity contribution in [1.82, 2.24) is 14.9 Å². The molecule has 1 aliphatic heterocycles. The average Bonchev–Trinajstić information content (AvgIpc) is 2.95. The lowest BCUT2D eigenvalue weighted by Gasteiger charge is -2.24. The van der Waals surface area contributed by atoms with Gasteiger partial charge >= 0.3 is 0 Å². The molecule has 0 radical (unpaired) electrons. The summed E-state index contributed by atoms with van der Waals surface area (Å²) in [6, 6.07) is 8.05. The molecule has 4 nitrogen and oxygen atoms in total. The van der Waals surface area contributed by atoms with Crippen LogP contribution < -0.4 is 5.32 Å². The minimum absolute atomic E-state index is 0.112. The van der Waals surface area contributed by atoms with Gasteiger partial charge in [-0.05, 0) is 30.4 Å². The van der Waals surface area contributed by atoms with Gasteiger partial charge in [-0.2, -0.15) is 0 Å². The van der Waals surface area contributed by atoms with Crippen molar-refractivity contribution in [1.29, 1.82) is 0 Å². The fourth-order valence-corrected chi connectivity index (χ4v) is 2.91.